The van der Waals surface area contributed by atoms with Gasteiger partial charge in [0.2, 0.25) is 0 Å². The lowest BCUT2D eigenvalue weighted by Crippen LogP contribution is -1.96. The minimum Gasteiger partial charge on any atom is -0.192 e. The zero-order valence-corrected chi connectivity index (χ0v) is 25.8. The predicted octanol–water partition coefficient (Wildman–Crippen LogP) is 8.99. The van der Waals surface area contributed by atoms with Crippen molar-refractivity contribution in [1.29, 1.82) is 10.5 Å². The lowest BCUT2D eigenvalue weighted by Gasteiger charge is -2.03. The second-order valence-corrected chi connectivity index (χ2v) is 17.5. The van der Waals surface area contributed by atoms with E-state index >= 15 is 0 Å². The maximum Gasteiger partial charge on any atom is 0.110 e. The topological polar surface area (TPSA) is 47.6 Å². The van der Waals surface area contributed by atoms with Crippen LogP contribution >= 0.6 is 105 Å². The number of benzene rings is 1. The summed E-state index contributed by atoms with van der Waals surface area (Å²) in [5.41, 5.74) is 0.871. The highest BCUT2D eigenvalue weighted by atomic mass is 32.3. The third-order valence-corrected chi connectivity index (χ3v) is 16.6. The van der Waals surface area contributed by atoms with Crippen LogP contribution in [0.1, 0.15) is 50.7 Å². The summed E-state index contributed by atoms with van der Waals surface area (Å²) in [4.78, 5) is 2.07. The first-order valence-electron chi connectivity index (χ1n) is 10.7. The van der Waals surface area contributed by atoms with Crippen molar-refractivity contribution in [3.05, 3.63) is 43.9 Å². The molecule has 1 aromatic carbocycles. The molecule has 4 rings (SSSR count). The van der Waals surface area contributed by atoms with Crippen LogP contribution in [0.5, 0.6) is 0 Å². The molecule has 0 saturated carbocycles. The van der Waals surface area contributed by atoms with Gasteiger partial charge in [-0.25, -0.2) is 0 Å². The van der Waals surface area contributed by atoms with Crippen molar-refractivity contribution in [2.75, 3.05) is 11.5 Å². The van der Waals surface area contributed by atoms with Gasteiger partial charge in [-0.3, -0.25) is 0 Å². The van der Waals surface area contributed by atoms with Gasteiger partial charge < -0.3 is 0 Å². The summed E-state index contributed by atoms with van der Waals surface area (Å²) in [7, 11) is 0. The number of rotatable bonds is 8. The van der Waals surface area contributed by atoms with E-state index in [1.165, 1.54) is 53.7 Å². The van der Waals surface area contributed by atoms with Gasteiger partial charge in [-0.1, -0.05) is 86.0 Å². The van der Waals surface area contributed by atoms with Crippen molar-refractivity contribution in [2.45, 2.75) is 49.3 Å². The van der Waals surface area contributed by atoms with Crippen molar-refractivity contribution < 1.29 is 0 Å². The molecule has 0 amide bonds. The molecule has 3 heterocycles. The Morgan fingerprint density at radius 3 is 1.79 bits per heavy atom. The molecule has 2 aromatic rings. The Hall–Kier alpha value is 0.0500. The van der Waals surface area contributed by atoms with E-state index in [0.717, 1.165) is 22.4 Å². The van der Waals surface area contributed by atoms with Crippen LogP contribution in [-0.4, -0.2) is 11.5 Å². The summed E-state index contributed by atoms with van der Waals surface area (Å²) >= 11 is 20.5. The monoisotopic (exact) mass is 612 g/mol. The third kappa shape index (κ3) is 6.30. The Labute approximate surface area is 239 Å². The molecule has 0 fully saturated rings. The molecule has 2 aliphatic rings. The number of nitrogens with zero attached hydrogens (tertiary/aromatic N) is 2. The van der Waals surface area contributed by atoms with Crippen molar-refractivity contribution in [3.8, 4) is 12.1 Å². The molecule has 0 spiro atoms. The van der Waals surface area contributed by atoms with Crippen molar-refractivity contribution in [2.24, 2.45) is 0 Å². The zero-order chi connectivity index (χ0) is 24.1. The van der Waals surface area contributed by atoms with Crippen LogP contribution in [0.4, 0.5) is 0 Å². The molecular weight excluding hydrogens is 593 g/mol. The fourth-order valence-electron chi connectivity index (χ4n) is 2.86. The fraction of sp³-hybridized carbons (Fsp3) is 0.348. The lowest BCUT2D eigenvalue weighted by molar-refractivity contribution is 0.897. The third-order valence-electron chi connectivity index (χ3n) is 4.65. The molecule has 0 N–H and O–H groups in total. The Morgan fingerprint density at radius 1 is 0.794 bits per heavy atom. The van der Waals surface area contributed by atoms with Gasteiger partial charge in [-0.05, 0) is 36.5 Å². The molecule has 0 atom stereocenters. The molecule has 11 heteroatoms. The molecule has 0 saturated heterocycles. The van der Waals surface area contributed by atoms with E-state index in [9.17, 15) is 10.5 Å². The van der Waals surface area contributed by atoms with Crippen LogP contribution in [0.25, 0.3) is 8.47 Å². The fourth-order valence-corrected chi connectivity index (χ4v) is 15.3. The number of unbranched alkanes of at least 4 members (excludes halogenated alkanes) is 2. The lowest BCUT2D eigenvalue weighted by atomic mass is 10.1. The predicted molar refractivity (Wildman–Crippen MR) is 164 cm³/mol. The van der Waals surface area contributed by atoms with E-state index in [1.807, 2.05) is 59.2 Å². The van der Waals surface area contributed by atoms with Crippen LogP contribution in [0.3, 0.4) is 0 Å². The first-order chi connectivity index (χ1) is 16.6. The molecule has 0 unspecified atom stereocenters. The second kappa shape index (κ2) is 13.0. The van der Waals surface area contributed by atoms with Gasteiger partial charge in [0, 0.05) is 9.79 Å². The molecule has 2 nitrogen and oxygen atoms in total. The number of nitriles is 2. The number of thioether (sulfide) groups is 6. The van der Waals surface area contributed by atoms with Gasteiger partial charge in [-0.15, -0.1) is 46.2 Å². The maximum absolute atomic E-state index is 9.36. The van der Waals surface area contributed by atoms with Gasteiger partial charge >= 0.3 is 0 Å². The van der Waals surface area contributed by atoms with Gasteiger partial charge in [0.1, 0.15) is 19.8 Å². The number of hydrogen-bond donors (Lipinski definition) is 0. The van der Waals surface area contributed by atoms with Gasteiger partial charge in [-0.2, -0.15) is 10.5 Å². The summed E-state index contributed by atoms with van der Waals surface area (Å²) in [6.45, 7) is 4.49. The first-order valence-corrected chi connectivity index (χ1v) is 17.9. The second-order valence-electron chi connectivity index (χ2n) is 7.14. The van der Waals surface area contributed by atoms with Crippen molar-refractivity contribution in [3.63, 3.8) is 0 Å². The molecular formula is C23H20N2S9. The quantitative estimate of drug-likeness (QED) is 0.215. The van der Waals surface area contributed by atoms with Gasteiger partial charge in [0.25, 0.3) is 0 Å². The van der Waals surface area contributed by atoms with Crippen LogP contribution in [0.2, 0.25) is 0 Å². The molecule has 0 radical (unpaired) electrons. The zero-order valence-electron chi connectivity index (χ0n) is 18.5. The van der Waals surface area contributed by atoms with Crippen LogP contribution in [-0.2, 0) is 0 Å². The summed E-state index contributed by atoms with van der Waals surface area (Å²) in [6.07, 6.45) is 4.95. The molecule has 34 heavy (non-hydrogen) atoms. The van der Waals surface area contributed by atoms with E-state index in [2.05, 4.69) is 26.0 Å². The summed E-state index contributed by atoms with van der Waals surface area (Å²) in [5, 5.41) is 18.7. The SMILES string of the molecule is CCCCSC1=C(SCCCC)SC(=c2sc(=S)c(=C3Sc4cc(C#N)c(C#N)cc4S3)s2)S1. The molecule has 176 valence electrons. The Kier molecular flexibility index (Phi) is 10.4. The minimum atomic E-state index is 0.436. The maximum atomic E-state index is 9.36. The van der Waals surface area contributed by atoms with E-state index in [4.69, 9.17) is 12.2 Å². The smallest absolute Gasteiger partial charge is 0.110 e. The Balaban J connectivity index is 1.64. The highest BCUT2D eigenvalue weighted by molar-refractivity contribution is 8.45. The van der Waals surface area contributed by atoms with E-state index < -0.39 is 0 Å². The molecule has 1 aromatic heterocycles. The Bertz CT molecular complexity index is 1320. The highest BCUT2D eigenvalue weighted by Gasteiger charge is 2.25. The largest absolute Gasteiger partial charge is 0.192 e. The van der Waals surface area contributed by atoms with Gasteiger partial charge in [0.05, 0.1) is 32.6 Å². The summed E-state index contributed by atoms with van der Waals surface area (Å²) < 4.78 is 8.78. The van der Waals surface area contributed by atoms with Crippen molar-refractivity contribution >= 4 is 114 Å². The standard InChI is InChI=1S/C23H20N2S9/c1-3-5-7-27-20-21(28-8-6-4-2)34-23(33-20)22-31-17(18(26)32-22)19-29-15-9-13(11-24)14(12-25)10-16(15)30-19/h9-10H,3-8H2,1-2H3. The van der Waals surface area contributed by atoms with Crippen LogP contribution in [0.15, 0.2) is 30.4 Å². The van der Waals surface area contributed by atoms with Crippen LogP contribution < -0.4 is 8.38 Å². The van der Waals surface area contributed by atoms with E-state index in [-0.39, 0.29) is 0 Å². The molecule has 0 aliphatic carbocycles. The molecule has 2 aliphatic heterocycles. The van der Waals surface area contributed by atoms with Gasteiger partial charge in [0.15, 0.2) is 0 Å². The average molecular weight is 613 g/mol. The molecule has 0 bridgehead atoms. The summed E-state index contributed by atoms with van der Waals surface area (Å²) in [6, 6.07) is 7.95. The normalized spacial score (nSPS) is 15.1. The van der Waals surface area contributed by atoms with E-state index in [0.29, 0.717) is 11.1 Å². The van der Waals surface area contributed by atoms with E-state index in [1.54, 1.807) is 46.2 Å². The minimum absolute atomic E-state index is 0.436. The summed E-state index contributed by atoms with van der Waals surface area (Å²) in [5.74, 6) is 2.35. The Morgan fingerprint density at radius 2 is 1.32 bits per heavy atom. The first kappa shape index (κ1) is 27.1. The van der Waals surface area contributed by atoms with Crippen LogP contribution in [0, 0.1) is 26.5 Å². The highest BCUT2D eigenvalue weighted by Crippen LogP contribution is 2.58. The average Bonchev–Trinajstić information content (AvgIpc) is 3.54. The van der Waals surface area contributed by atoms with Crippen molar-refractivity contribution in [1.82, 2.24) is 0 Å². The number of fused-ring (bicyclic) bond motifs is 1. The number of hydrogen-bond acceptors (Lipinski definition) is 11.